The van der Waals surface area contributed by atoms with Gasteiger partial charge in [0, 0.05) is 31.4 Å². The van der Waals surface area contributed by atoms with Crippen LogP contribution in [0.15, 0.2) is 65.6 Å². The van der Waals surface area contributed by atoms with Gasteiger partial charge in [-0.05, 0) is 48.8 Å². The maximum atomic E-state index is 13.6. The molecule has 7 nitrogen and oxygen atoms in total. The second-order valence-electron chi connectivity index (χ2n) is 10.4. The summed E-state index contributed by atoms with van der Waals surface area (Å²) in [5.41, 5.74) is 2.72. The fourth-order valence-corrected chi connectivity index (χ4v) is 6.70. The van der Waals surface area contributed by atoms with Crippen LogP contribution in [-0.4, -0.2) is 44.3 Å². The van der Waals surface area contributed by atoms with Gasteiger partial charge >= 0.3 is 0 Å². The molecule has 8 heteroatoms. The molecule has 0 bridgehead atoms. The summed E-state index contributed by atoms with van der Waals surface area (Å²) >= 11 is 0. The third kappa shape index (κ3) is 5.70. The van der Waals surface area contributed by atoms with Crippen molar-refractivity contribution in [3.8, 4) is 0 Å². The third-order valence-electron chi connectivity index (χ3n) is 6.98. The Kier molecular flexibility index (Phi) is 8.41. The molecule has 0 unspecified atom stereocenters. The van der Waals surface area contributed by atoms with Crippen molar-refractivity contribution in [1.82, 2.24) is 10.2 Å². The van der Waals surface area contributed by atoms with Gasteiger partial charge in [0.1, 0.15) is 6.04 Å². The molecule has 202 valence electrons. The lowest BCUT2D eigenvalue weighted by molar-refractivity contribution is -0.141. The topological polar surface area (TPSA) is 86.8 Å². The number of anilines is 1. The minimum absolute atomic E-state index is 0.137. The van der Waals surface area contributed by atoms with Gasteiger partial charge in [-0.15, -0.1) is 0 Å². The molecule has 0 spiro atoms. The first-order chi connectivity index (χ1) is 18.1. The van der Waals surface area contributed by atoms with Crippen molar-refractivity contribution in [3.05, 3.63) is 71.8 Å². The first-order valence-electron chi connectivity index (χ1n) is 13.3. The Morgan fingerprint density at radius 1 is 1.00 bits per heavy atom. The summed E-state index contributed by atoms with van der Waals surface area (Å²) < 4.78 is 28.0. The number of amides is 2. The van der Waals surface area contributed by atoms with Crippen molar-refractivity contribution in [2.24, 2.45) is 5.92 Å². The van der Waals surface area contributed by atoms with Crippen LogP contribution in [0.1, 0.15) is 51.2 Å². The van der Waals surface area contributed by atoms with Crippen LogP contribution in [0.5, 0.6) is 0 Å². The molecule has 3 aromatic rings. The van der Waals surface area contributed by atoms with E-state index in [1.807, 2.05) is 76.2 Å². The Bertz CT molecular complexity index is 1410. The standard InChI is InChI=1S/C30H37N3O4S/c1-5-25(30(35)31-19-21(2)3)32(20-23-16-14-22(4)15-17-23)28(34)13-8-18-33-26-11-6-9-24-10-7-12-27(29(24)26)38(33,36)37/h6-7,9-12,14-17,21,25H,5,8,13,18-20H2,1-4H3,(H,31,35)/t25-/m1/s1. The Balaban J connectivity index is 1.51. The molecular formula is C30H37N3O4S. The SMILES string of the molecule is CC[C@H](C(=O)NCC(C)C)N(Cc1ccc(C)cc1)C(=O)CCCN1c2cccc3cccc(c23)S1(=O)=O. The Labute approximate surface area is 225 Å². The van der Waals surface area contributed by atoms with E-state index in [-0.39, 0.29) is 24.8 Å². The van der Waals surface area contributed by atoms with E-state index in [0.29, 0.717) is 42.4 Å². The van der Waals surface area contributed by atoms with Crippen LogP contribution < -0.4 is 9.62 Å². The molecule has 0 aliphatic carbocycles. The van der Waals surface area contributed by atoms with Gasteiger partial charge in [0.05, 0.1) is 10.6 Å². The van der Waals surface area contributed by atoms with Gasteiger partial charge in [-0.1, -0.05) is 74.9 Å². The molecule has 1 N–H and O–H groups in total. The summed E-state index contributed by atoms with van der Waals surface area (Å²) in [5.74, 6) is -0.0240. The van der Waals surface area contributed by atoms with E-state index >= 15 is 0 Å². The quantitative estimate of drug-likeness (QED) is 0.374. The third-order valence-corrected chi connectivity index (χ3v) is 8.83. The highest BCUT2D eigenvalue weighted by molar-refractivity contribution is 7.93. The van der Waals surface area contributed by atoms with Gasteiger partial charge in [-0.3, -0.25) is 13.9 Å². The summed E-state index contributed by atoms with van der Waals surface area (Å²) in [6, 6.07) is 18.2. The van der Waals surface area contributed by atoms with Crippen molar-refractivity contribution in [1.29, 1.82) is 0 Å². The van der Waals surface area contributed by atoms with E-state index in [2.05, 4.69) is 5.32 Å². The van der Waals surface area contributed by atoms with Crippen molar-refractivity contribution >= 4 is 38.3 Å². The number of sulfonamides is 1. The van der Waals surface area contributed by atoms with Crippen molar-refractivity contribution in [3.63, 3.8) is 0 Å². The molecule has 1 aliphatic heterocycles. The second-order valence-corrected chi connectivity index (χ2v) is 12.2. The largest absolute Gasteiger partial charge is 0.354 e. The number of benzene rings is 3. The number of aryl methyl sites for hydroxylation is 1. The number of carbonyl (C=O) groups excluding carboxylic acids is 2. The first kappa shape index (κ1) is 27.6. The van der Waals surface area contributed by atoms with E-state index in [0.717, 1.165) is 21.9 Å². The van der Waals surface area contributed by atoms with Gasteiger partial charge in [0.15, 0.2) is 0 Å². The number of hydrogen-bond donors (Lipinski definition) is 1. The van der Waals surface area contributed by atoms with Crippen LogP contribution in [0, 0.1) is 12.8 Å². The number of rotatable bonds is 11. The van der Waals surface area contributed by atoms with Crippen LogP contribution >= 0.6 is 0 Å². The van der Waals surface area contributed by atoms with Crippen molar-refractivity contribution in [2.75, 3.05) is 17.4 Å². The second kappa shape index (κ2) is 11.6. The predicted octanol–water partition coefficient (Wildman–Crippen LogP) is 5.02. The van der Waals surface area contributed by atoms with E-state index < -0.39 is 16.1 Å². The number of nitrogens with one attached hydrogen (secondary N) is 1. The lowest BCUT2D eigenvalue weighted by atomic mass is 10.1. The number of hydrogen-bond acceptors (Lipinski definition) is 4. The van der Waals surface area contributed by atoms with Crippen molar-refractivity contribution in [2.45, 2.75) is 64.4 Å². The van der Waals surface area contributed by atoms with E-state index in [4.69, 9.17) is 0 Å². The average molecular weight is 536 g/mol. The molecule has 2 amide bonds. The molecule has 1 heterocycles. The Morgan fingerprint density at radius 2 is 1.68 bits per heavy atom. The van der Waals surface area contributed by atoms with Crippen LogP contribution in [0.2, 0.25) is 0 Å². The molecule has 0 saturated heterocycles. The highest BCUT2D eigenvalue weighted by atomic mass is 32.2. The molecule has 38 heavy (non-hydrogen) atoms. The Morgan fingerprint density at radius 3 is 2.34 bits per heavy atom. The molecular weight excluding hydrogens is 498 g/mol. The van der Waals surface area contributed by atoms with Crippen LogP contribution in [0.3, 0.4) is 0 Å². The van der Waals surface area contributed by atoms with Crippen LogP contribution in [0.4, 0.5) is 5.69 Å². The number of carbonyl (C=O) groups is 2. The predicted molar refractivity (Wildman–Crippen MR) is 151 cm³/mol. The molecule has 4 rings (SSSR count). The van der Waals surface area contributed by atoms with Crippen LogP contribution in [0.25, 0.3) is 10.8 Å². The molecule has 0 fully saturated rings. The fourth-order valence-electron chi connectivity index (χ4n) is 4.95. The summed E-state index contributed by atoms with van der Waals surface area (Å²) in [6.07, 6.45) is 0.967. The van der Waals surface area contributed by atoms with E-state index in [9.17, 15) is 18.0 Å². The van der Waals surface area contributed by atoms with Gasteiger partial charge in [0.2, 0.25) is 11.8 Å². The molecule has 3 aromatic carbocycles. The summed E-state index contributed by atoms with van der Waals surface area (Å²) in [6.45, 7) is 9.02. The van der Waals surface area contributed by atoms with Crippen molar-refractivity contribution < 1.29 is 18.0 Å². The minimum atomic E-state index is -3.67. The van der Waals surface area contributed by atoms with Gasteiger partial charge < -0.3 is 10.2 Å². The summed E-state index contributed by atoms with van der Waals surface area (Å²) in [5, 5.41) is 4.59. The van der Waals surface area contributed by atoms with E-state index in [1.54, 1.807) is 17.0 Å². The number of nitrogens with zero attached hydrogens (tertiary/aromatic N) is 2. The normalized spacial score (nSPS) is 14.6. The first-order valence-corrected chi connectivity index (χ1v) is 14.7. The van der Waals surface area contributed by atoms with E-state index in [1.165, 1.54) is 4.31 Å². The van der Waals surface area contributed by atoms with Gasteiger partial charge in [0.25, 0.3) is 10.0 Å². The van der Waals surface area contributed by atoms with Crippen LogP contribution in [-0.2, 0) is 26.2 Å². The molecule has 0 saturated carbocycles. The summed E-state index contributed by atoms with van der Waals surface area (Å²) in [4.78, 5) is 28.6. The average Bonchev–Trinajstić information content (AvgIpc) is 3.11. The summed E-state index contributed by atoms with van der Waals surface area (Å²) in [7, 11) is -3.67. The van der Waals surface area contributed by atoms with Gasteiger partial charge in [-0.2, -0.15) is 0 Å². The maximum absolute atomic E-state index is 13.6. The smallest absolute Gasteiger partial charge is 0.265 e. The molecule has 0 aromatic heterocycles. The monoisotopic (exact) mass is 535 g/mol. The Hall–Kier alpha value is -3.39. The highest BCUT2D eigenvalue weighted by Gasteiger charge is 2.35. The lowest BCUT2D eigenvalue weighted by Gasteiger charge is -2.31. The zero-order chi connectivity index (χ0) is 27.4. The fraction of sp³-hybridized carbons (Fsp3) is 0.400. The zero-order valence-corrected chi connectivity index (χ0v) is 23.4. The zero-order valence-electron chi connectivity index (χ0n) is 22.6. The molecule has 1 aliphatic rings. The van der Waals surface area contributed by atoms with Gasteiger partial charge in [-0.25, -0.2) is 8.42 Å². The highest BCUT2D eigenvalue weighted by Crippen LogP contribution is 2.42. The maximum Gasteiger partial charge on any atom is 0.265 e. The molecule has 0 radical (unpaired) electrons. The molecule has 1 atom stereocenters. The lowest BCUT2D eigenvalue weighted by Crippen LogP contribution is -2.49. The minimum Gasteiger partial charge on any atom is -0.354 e.